The number of methoxy groups -OCH3 is 1. The van der Waals surface area contributed by atoms with Gasteiger partial charge >= 0.3 is 0 Å². The molecule has 1 unspecified atom stereocenters. The Morgan fingerprint density at radius 1 is 0.949 bits per heavy atom. The summed E-state index contributed by atoms with van der Waals surface area (Å²) in [6, 6.07) is 25.4. The van der Waals surface area contributed by atoms with Crippen molar-refractivity contribution in [2.45, 2.75) is 13.3 Å². The second-order valence-corrected chi connectivity index (χ2v) is 9.16. The van der Waals surface area contributed by atoms with E-state index in [1.165, 1.54) is 13.0 Å². The highest BCUT2D eigenvalue weighted by molar-refractivity contribution is 6.37. The van der Waals surface area contributed by atoms with Gasteiger partial charge in [-0.1, -0.05) is 48.5 Å². The SMILES string of the molecule is COc1c(-c2ccccc2)cc(N2C=CC(=O)NC2O)cc1-c1ccc2cc(NCC(=O)C(C)=O)ccc2c1. The predicted octanol–water partition coefficient (Wildman–Crippen LogP) is 4.48. The molecular weight excluding hydrogens is 494 g/mol. The van der Waals surface area contributed by atoms with Gasteiger partial charge in [-0.15, -0.1) is 0 Å². The van der Waals surface area contributed by atoms with E-state index < -0.39 is 17.9 Å². The molecule has 39 heavy (non-hydrogen) atoms. The van der Waals surface area contributed by atoms with E-state index in [4.69, 9.17) is 4.74 Å². The molecule has 0 radical (unpaired) electrons. The Balaban J connectivity index is 1.60. The number of carbonyl (C=O) groups excluding carboxylic acids is 3. The Morgan fingerprint density at radius 2 is 1.64 bits per heavy atom. The molecule has 4 aromatic rings. The van der Waals surface area contributed by atoms with E-state index in [9.17, 15) is 19.5 Å². The van der Waals surface area contributed by atoms with Crippen LogP contribution in [-0.4, -0.2) is 42.6 Å². The first-order valence-electron chi connectivity index (χ1n) is 12.4. The zero-order valence-corrected chi connectivity index (χ0v) is 21.5. The summed E-state index contributed by atoms with van der Waals surface area (Å²) in [5.41, 5.74) is 4.88. The molecule has 0 saturated heterocycles. The van der Waals surface area contributed by atoms with Crippen LogP contribution in [0.25, 0.3) is 33.0 Å². The van der Waals surface area contributed by atoms with Crippen molar-refractivity contribution in [3.63, 3.8) is 0 Å². The zero-order valence-electron chi connectivity index (χ0n) is 21.5. The number of anilines is 2. The number of hydrogen-bond acceptors (Lipinski definition) is 7. The number of Topliss-reactive ketones (excluding diaryl/α,β-unsaturated/α-hetero) is 2. The Hall–Kier alpha value is -4.95. The molecule has 1 heterocycles. The molecule has 0 aliphatic carbocycles. The first-order valence-corrected chi connectivity index (χ1v) is 12.4. The van der Waals surface area contributed by atoms with Crippen molar-refractivity contribution >= 4 is 39.6 Å². The number of ether oxygens (including phenoxy) is 1. The summed E-state index contributed by atoms with van der Waals surface area (Å²) >= 11 is 0. The van der Waals surface area contributed by atoms with Gasteiger partial charge in [-0.25, -0.2) is 0 Å². The van der Waals surface area contributed by atoms with E-state index in [1.807, 2.05) is 78.9 Å². The van der Waals surface area contributed by atoms with Crippen molar-refractivity contribution in [3.05, 3.63) is 91.1 Å². The smallest absolute Gasteiger partial charge is 0.248 e. The number of amides is 1. The van der Waals surface area contributed by atoms with E-state index in [2.05, 4.69) is 10.6 Å². The van der Waals surface area contributed by atoms with Crippen LogP contribution in [-0.2, 0) is 14.4 Å². The number of carbonyl (C=O) groups is 3. The maximum absolute atomic E-state index is 11.7. The highest BCUT2D eigenvalue weighted by atomic mass is 16.5. The maximum Gasteiger partial charge on any atom is 0.248 e. The number of rotatable bonds is 8. The van der Waals surface area contributed by atoms with Crippen molar-refractivity contribution in [3.8, 4) is 28.0 Å². The molecule has 8 nitrogen and oxygen atoms in total. The molecule has 4 aromatic carbocycles. The molecule has 3 N–H and O–H groups in total. The quantitative estimate of drug-likeness (QED) is 0.294. The van der Waals surface area contributed by atoms with Gasteiger partial charge in [0.05, 0.1) is 13.7 Å². The van der Waals surface area contributed by atoms with Crippen LogP contribution in [0.3, 0.4) is 0 Å². The van der Waals surface area contributed by atoms with Gasteiger partial charge in [0.1, 0.15) is 5.75 Å². The summed E-state index contributed by atoms with van der Waals surface area (Å²) in [5.74, 6) is -0.650. The molecule has 1 amide bonds. The third kappa shape index (κ3) is 5.37. The molecule has 0 bridgehead atoms. The highest BCUT2D eigenvalue weighted by Crippen LogP contribution is 2.43. The lowest BCUT2D eigenvalue weighted by molar-refractivity contribution is -0.134. The highest BCUT2D eigenvalue weighted by Gasteiger charge is 2.24. The molecule has 0 fully saturated rings. The molecule has 196 valence electrons. The van der Waals surface area contributed by atoms with E-state index in [0.717, 1.165) is 38.7 Å². The number of ketones is 2. The van der Waals surface area contributed by atoms with Gasteiger partial charge in [-0.3, -0.25) is 14.4 Å². The van der Waals surface area contributed by atoms with Crippen molar-refractivity contribution in [1.29, 1.82) is 0 Å². The van der Waals surface area contributed by atoms with Crippen molar-refractivity contribution in [2.24, 2.45) is 0 Å². The summed E-state index contributed by atoms with van der Waals surface area (Å²) in [5, 5.41) is 18.0. The fourth-order valence-corrected chi connectivity index (χ4v) is 4.56. The van der Waals surface area contributed by atoms with E-state index in [0.29, 0.717) is 11.4 Å². The topological polar surface area (TPSA) is 108 Å². The van der Waals surface area contributed by atoms with Crippen LogP contribution in [0.5, 0.6) is 5.75 Å². The predicted molar refractivity (Wildman–Crippen MR) is 151 cm³/mol. The lowest BCUT2D eigenvalue weighted by Crippen LogP contribution is -2.48. The third-order valence-electron chi connectivity index (χ3n) is 6.58. The Kier molecular flexibility index (Phi) is 7.12. The minimum absolute atomic E-state index is 0.0531. The molecule has 1 aliphatic heterocycles. The fraction of sp³-hybridized carbons (Fsp3) is 0.129. The largest absolute Gasteiger partial charge is 0.495 e. The maximum atomic E-state index is 11.7. The number of hydrogen-bond donors (Lipinski definition) is 3. The minimum Gasteiger partial charge on any atom is -0.495 e. The second-order valence-electron chi connectivity index (χ2n) is 9.16. The van der Waals surface area contributed by atoms with Gasteiger partial charge in [0.15, 0.2) is 5.78 Å². The lowest BCUT2D eigenvalue weighted by Gasteiger charge is -2.31. The van der Waals surface area contributed by atoms with Crippen LogP contribution in [0.4, 0.5) is 11.4 Å². The molecule has 0 aromatic heterocycles. The summed E-state index contributed by atoms with van der Waals surface area (Å²) in [6.07, 6.45) is 1.70. The molecule has 1 aliphatic rings. The first-order chi connectivity index (χ1) is 18.8. The van der Waals surface area contributed by atoms with Gasteiger partial charge in [-0.2, -0.15) is 0 Å². The number of nitrogens with zero attached hydrogens (tertiary/aromatic N) is 1. The van der Waals surface area contributed by atoms with E-state index in [-0.39, 0.29) is 12.5 Å². The normalized spacial score (nSPS) is 14.7. The Labute approximate surface area is 225 Å². The summed E-state index contributed by atoms with van der Waals surface area (Å²) in [6.45, 7) is 1.21. The molecular formula is C31H27N3O5. The molecule has 0 spiro atoms. The van der Waals surface area contributed by atoms with Gasteiger partial charge < -0.3 is 25.4 Å². The van der Waals surface area contributed by atoms with E-state index >= 15 is 0 Å². The van der Waals surface area contributed by atoms with Crippen LogP contribution in [0, 0.1) is 0 Å². The van der Waals surface area contributed by atoms with Crippen LogP contribution in [0.1, 0.15) is 6.92 Å². The van der Waals surface area contributed by atoms with Gasteiger partial charge in [0.25, 0.3) is 0 Å². The van der Waals surface area contributed by atoms with Crippen LogP contribution in [0.2, 0.25) is 0 Å². The summed E-state index contributed by atoms with van der Waals surface area (Å²) in [4.78, 5) is 36.2. The van der Waals surface area contributed by atoms with Gasteiger partial charge in [-0.05, 0) is 52.2 Å². The van der Waals surface area contributed by atoms with Crippen molar-refractivity contribution in [2.75, 3.05) is 23.9 Å². The van der Waals surface area contributed by atoms with E-state index in [1.54, 1.807) is 18.2 Å². The Bertz CT molecular complexity index is 1610. The molecule has 1 atom stereocenters. The number of fused-ring (bicyclic) bond motifs is 1. The van der Waals surface area contributed by atoms with Crippen LogP contribution < -0.4 is 20.3 Å². The zero-order chi connectivity index (χ0) is 27.5. The summed E-state index contributed by atoms with van der Waals surface area (Å²) < 4.78 is 5.94. The Morgan fingerprint density at radius 3 is 2.33 bits per heavy atom. The standard InChI is InChI=1S/C31H27N3O5/c1-19(35)28(36)18-32-24-11-10-21-14-23(9-8-22(21)15-24)27-17-25(34-13-12-29(37)33-31(34)38)16-26(30(27)39-2)20-6-4-3-5-7-20/h3-17,31-32,38H,18H2,1-2H3,(H,33,37). The van der Waals surface area contributed by atoms with Crippen LogP contribution in [0.15, 0.2) is 91.1 Å². The second kappa shape index (κ2) is 10.8. The molecule has 0 saturated carbocycles. The monoisotopic (exact) mass is 521 g/mol. The van der Waals surface area contributed by atoms with Gasteiger partial charge in [0, 0.05) is 41.7 Å². The molecule has 8 heteroatoms. The number of benzene rings is 4. The number of nitrogens with one attached hydrogen (secondary N) is 2. The average Bonchev–Trinajstić information content (AvgIpc) is 2.95. The number of aliphatic hydroxyl groups excluding tert-OH is 1. The van der Waals surface area contributed by atoms with Crippen LogP contribution >= 0.6 is 0 Å². The molecule has 5 rings (SSSR count). The lowest BCUT2D eigenvalue weighted by atomic mass is 9.94. The summed E-state index contributed by atoms with van der Waals surface area (Å²) in [7, 11) is 1.63. The van der Waals surface area contributed by atoms with Gasteiger partial charge in [0.2, 0.25) is 18.0 Å². The average molecular weight is 522 g/mol. The third-order valence-corrected chi connectivity index (χ3v) is 6.58. The van der Waals surface area contributed by atoms with Crippen molar-refractivity contribution < 1.29 is 24.2 Å². The number of aliphatic hydroxyl groups is 1. The fourth-order valence-electron chi connectivity index (χ4n) is 4.56. The minimum atomic E-state index is -1.22. The first kappa shape index (κ1) is 25.7. The van der Waals surface area contributed by atoms with Crippen molar-refractivity contribution in [1.82, 2.24) is 5.32 Å².